The summed E-state index contributed by atoms with van der Waals surface area (Å²) in [5, 5.41) is 14.1. The first-order valence-electron chi connectivity index (χ1n) is 11.4. The minimum Gasteiger partial charge on any atom is -0.390 e. The summed E-state index contributed by atoms with van der Waals surface area (Å²) in [6.45, 7) is 1.98. The second-order valence-electron chi connectivity index (χ2n) is 10.5. The Kier molecular flexibility index (Phi) is 4.99. The standard InChI is InChI=1S/C23H31FN2O4S/c1-22(8-2-3-9-26(22)31(29,30)19-6-4-18(24)5-7-19)21(27)25-20-16-10-15-11-17(20)14-23(28,12-15)13-16/h4-7,15-17,20,28H,2-3,8-14H2,1H3,(H,25,27). The van der Waals surface area contributed by atoms with Crippen LogP contribution in [0.3, 0.4) is 0 Å². The summed E-state index contributed by atoms with van der Waals surface area (Å²) < 4.78 is 41.4. The Labute approximate surface area is 183 Å². The Bertz CT molecular complexity index is 966. The smallest absolute Gasteiger partial charge is 0.244 e. The maximum atomic E-state index is 13.6. The number of amides is 1. The monoisotopic (exact) mass is 450 g/mol. The van der Waals surface area contributed by atoms with Gasteiger partial charge in [0.05, 0.1) is 10.5 Å². The van der Waals surface area contributed by atoms with Gasteiger partial charge in [-0.1, -0.05) is 0 Å². The van der Waals surface area contributed by atoms with E-state index in [0.717, 1.165) is 50.7 Å². The second kappa shape index (κ2) is 7.25. The maximum absolute atomic E-state index is 13.6. The van der Waals surface area contributed by atoms with Gasteiger partial charge in [-0.25, -0.2) is 12.8 Å². The molecule has 0 spiro atoms. The van der Waals surface area contributed by atoms with Gasteiger partial charge in [-0.05, 0) is 100 Å². The molecule has 0 aromatic heterocycles. The van der Waals surface area contributed by atoms with E-state index in [1.165, 1.54) is 16.4 Å². The Morgan fingerprint density at radius 3 is 2.39 bits per heavy atom. The SMILES string of the molecule is CC1(C(=O)NC2C3CC4CC2CC(O)(C4)C3)CCCCN1S(=O)(=O)c1ccc(F)cc1. The first kappa shape index (κ1) is 21.3. The lowest BCUT2D eigenvalue weighted by molar-refractivity contribution is -0.151. The lowest BCUT2D eigenvalue weighted by Crippen LogP contribution is -2.66. The fourth-order valence-electron chi connectivity index (χ4n) is 6.97. The summed E-state index contributed by atoms with van der Waals surface area (Å²) >= 11 is 0. The van der Waals surface area contributed by atoms with Crippen molar-refractivity contribution in [3.63, 3.8) is 0 Å². The van der Waals surface area contributed by atoms with Crippen LogP contribution in [0.15, 0.2) is 29.2 Å². The number of aliphatic hydroxyl groups is 1. The molecule has 1 aliphatic heterocycles. The zero-order valence-corrected chi connectivity index (χ0v) is 18.7. The van der Waals surface area contributed by atoms with Gasteiger partial charge in [-0.3, -0.25) is 4.79 Å². The van der Waals surface area contributed by atoms with Crippen LogP contribution in [-0.2, 0) is 14.8 Å². The van der Waals surface area contributed by atoms with E-state index in [1.807, 2.05) is 0 Å². The molecule has 6 nitrogen and oxygen atoms in total. The maximum Gasteiger partial charge on any atom is 0.244 e. The van der Waals surface area contributed by atoms with Crippen molar-refractivity contribution < 1.29 is 22.7 Å². The molecule has 1 saturated heterocycles. The van der Waals surface area contributed by atoms with Gasteiger partial charge in [0.25, 0.3) is 0 Å². The highest BCUT2D eigenvalue weighted by atomic mass is 32.2. The van der Waals surface area contributed by atoms with Crippen LogP contribution < -0.4 is 5.32 Å². The molecular weight excluding hydrogens is 419 g/mol. The zero-order chi connectivity index (χ0) is 22.0. The van der Waals surface area contributed by atoms with E-state index in [2.05, 4.69) is 5.32 Å². The van der Waals surface area contributed by atoms with Gasteiger partial charge in [0, 0.05) is 12.6 Å². The van der Waals surface area contributed by atoms with Crippen LogP contribution in [0.4, 0.5) is 4.39 Å². The van der Waals surface area contributed by atoms with Gasteiger partial charge in [-0.15, -0.1) is 0 Å². The van der Waals surface area contributed by atoms with Gasteiger partial charge in [0.15, 0.2) is 0 Å². The first-order valence-corrected chi connectivity index (χ1v) is 12.9. The van der Waals surface area contributed by atoms with E-state index in [9.17, 15) is 22.7 Å². The molecule has 4 saturated carbocycles. The van der Waals surface area contributed by atoms with Crippen LogP contribution in [0.2, 0.25) is 0 Å². The van der Waals surface area contributed by atoms with Crippen molar-refractivity contribution >= 4 is 15.9 Å². The number of hydrogen-bond acceptors (Lipinski definition) is 4. The molecule has 2 N–H and O–H groups in total. The number of rotatable bonds is 4. The van der Waals surface area contributed by atoms with Gasteiger partial charge in [0.1, 0.15) is 11.4 Å². The number of carbonyl (C=O) groups is 1. The summed E-state index contributed by atoms with van der Waals surface area (Å²) in [4.78, 5) is 13.6. The van der Waals surface area contributed by atoms with Crippen molar-refractivity contribution in [3.05, 3.63) is 30.1 Å². The molecule has 4 bridgehead atoms. The van der Waals surface area contributed by atoms with E-state index in [-0.39, 0.29) is 35.2 Å². The minimum absolute atomic E-state index is 0.00143. The Hall–Kier alpha value is -1.51. The molecule has 0 radical (unpaired) electrons. The molecule has 1 amide bonds. The molecular formula is C23H31FN2O4S. The van der Waals surface area contributed by atoms with Gasteiger partial charge in [0.2, 0.25) is 15.9 Å². The third-order valence-corrected chi connectivity index (χ3v) is 10.3. The number of hydrogen-bond donors (Lipinski definition) is 2. The van der Waals surface area contributed by atoms with Gasteiger partial charge >= 0.3 is 0 Å². The van der Waals surface area contributed by atoms with Crippen LogP contribution in [0.1, 0.15) is 58.3 Å². The van der Waals surface area contributed by atoms with E-state index in [1.54, 1.807) is 6.92 Å². The molecule has 3 unspecified atom stereocenters. The highest BCUT2D eigenvalue weighted by Gasteiger charge is 2.56. The van der Waals surface area contributed by atoms with Crippen molar-refractivity contribution in [3.8, 4) is 0 Å². The van der Waals surface area contributed by atoms with E-state index < -0.39 is 27.0 Å². The predicted octanol–water partition coefficient (Wildman–Crippen LogP) is 2.81. The Balaban J connectivity index is 1.40. The Morgan fingerprint density at radius 2 is 1.77 bits per heavy atom. The highest BCUT2D eigenvalue weighted by Crippen LogP contribution is 2.55. The van der Waals surface area contributed by atoms with E-state index in [4.69, 9.17) is 0 Å². The number of halogens is 1. The Morgan fingerprint density at radius 1 is 1.13 bits per heavy atom. The van der Waals surface area contributed by atoms with E-state index in [0.29, 0.717) is 18.8 Å². The zero-order valence-electron chi connectivity index (χ0n) is 17.9. The predicted molar refractivity (Wildman–Crippen MR) is 113 cm³/mol. The summed E-state index contributed by atoms with van der Waals surface area (Å²) in [5.41, 5.74) is -1.76. The fraction of sp³-hybridized carbons (Fsp3) is 0.696. The minimum atomic E-state index is -3.94. The molecule has 5 aliphatic rings. The molecule has 3 atom stereocenters. The average molecular weight is 451 g/mol. The molecule has 1 heterocycles. The van der Waals surface area contributed by atoms with Crippen molar-refractivity contribution in [2.45, 2.75) is 80.4 Å². The van der Waals surface area contributed by atoms with Crippen LogP contribution in [0.5, 0.6) is 0 Å². The molecule has 6 rings (SSSR count). The van der Waals surface area contributed by atoms with Crippen LogP contribution >= 0.6 is 0 Å². The molecule has 1 aromatic rings. The third kappa shape index (κ3) is 3.51. The summed E-state index contributed by atoms with van der Waals surface area (Å²) in [7, 11) is -3.94. The molecule has 170 valence electrons. The number of nitrogens with one attached hydrogen (secondary N) is 1. The largest absolute Gasteiger partial charge is 0.390 e. The third-order valence-electron chi connectivity index (χ3n) is 8.25. The van der Waals surface area contributed by atoms with Gasteiger partial charge in [-0.2, -0.15) is 4.31 Å². The molecule has 4 aliphatic carbocycles. The topological polar surface area (TPSA) is 86.7 Å². The number of carbonyl (C=O) groups excluding carboxylic acids is 1. The van der Waals surface area contributed by atoms with Crippen molar-refractivity contribution in [1.29, 1.82) is 0 Å². The summed E-state index contributed by atoms with van der Waals surface area (Å²) in [6, 6.07) is 4.78. The van der Waals surface area contributed by atoms with Crippen molar-refractivity contribution in [2.24, 2.45) is 17.8 Å². The second-order valence-corrected chi connectivity index (χ2v) is 12.3. The lowest BCUT2D eigenvalue weighted by Gasteiger charge is -2.58. The average Bonchev–Trinajstić information content (AvgIpc) is 2.70. The number of nitrogens with zero attached hydrogens (tertiary/aromatic N) is 1. The summed E-state index contributed by atoms with van der Waals surface area (Å²) in [5.74, 6) is 0.310. The number of sulfonamides is 1. The highest BCUT2D eigenvalue weighted by molar-refractivity contribution is 7.89. The number of benzene rings is 1. The molecule has 5 fully saturated rings. The van der Waals surface area contributed by atoms with Crippen LogP contribution in [0.25, 0.3) is 0 Å². The quantitative estimate of drug-likeness (QED) is 0.739. The van der Waals surface area contributed by atoms with E-state index >= 15 is 0 Å². The normalized spacial score (nSPS) is 40.1. The van der Waals surface area contributed by atoms with Crippen LogP contribution in [0, 0.1) is 23.6 Å². The lowest BCUT2D eigenvalue weighted by atomic mass is 9.52. The first-order chi connectivity index (χ1) is 14.6. The summed E-state index contributed by atoms with van der Waals surface area (Å²) in [6.07, 6.45) is 6.29. The van der Waals surface area contributed by atoms with Gasteiger partial charge < -0.3 is 10.4 Å². The molecule has 8 heteroatoms. The van der Waals surface area contributed by atoms with Crippen molar-refractivity contribution in [1.82, 2.24) is 9.62 Å². The fourth-order valence-corrected chi connectivity index (χ4v) is 8.77. The van der Waals surface area contributed by atoms with Crippen LogP contribution in [-0.4, -0.2) is 47.5 Å². The molecule has 1 aromatic carbocycles. The molecule has 31 heavy (non-hydrogen) atoms. The van der Waals surface area contributed by atoms with Crippen molar-refractivity contribution in [2.75, 3.05) is 6.54 Å². The number of piperidine rings is 1.